The fourth-order valence-corrected chi connectivity index (χ4v) is 2.66. The van der Waals surface area contributed by atoms with Crippen LogP contribution in [-0.4, -0.2) is 31.8 Å². The van der Waals surface area contributed by atoms with Gasteiger partial charge >= 0.3 is 5.97 Å². The van der Waals surface area contributed by atoms with Gasteiger partial charge in [-0.3, -0.25) is 0 Å². The number of anilines is 2. The molecule has 0 radical (unpaired) electrons. The van der Waals surface area contributed by atoms with Crippen LogP contribution in [0, 0.1) is 5.82 Å². The zero-order chi connectivity index (χ0) is 15.4. The highest BCUT2D eigenvalue weighted by atomic mass is 19.1. The van der Waals surface area contributed by atoms with E-state index in [2.05, 4.69) is 5.32 Å². The number of hydrogen-bond acceptors (Lipinski definition) is 5. The van der Waals surface area contributed by atoms with Gasteiger partial charge in [-0.15, -0.1) is 0 Å². The van der Waals surface area contributed by atoms with Gasteiger partial charge in [0.15, 0.2) is 0 Å². The first-order chi connectivity index (χ1) is 10.1. The van der Waals surface area contributed by atoms with Gasteiger partial charge in [-0.2, -0.15) is 0 Å². The topological polar surface area (TPSA) is 73.6 Å². The summed E-state index contributed by atoms with van der Waals surface area (Å²) in [5.74, 6) is -1.03. The molecule has 0 saturated heterocycles. The normalized spacial score (nSPS) is 21.3. The van der Waals surface area contributed by atoms with E-state index in [1.54, 1.807) is 14.0 Å². The van der Waals surface area contributed by atoms with Crippen LogP contribution >= 0.6 is 0 Å². The third-order valence-corrected chi connectivity index (χ3v) is 3.73. The van der Waals surface area contributed by atoms with Gasteiger partial charge in [0, 0.05) is 12.8 Å². The Morgan fingerprint density at radius 1 is 1.48 bits per heavy atom. The van der Waals surface area contributed by atoms with Gasteiger partial charge in [0.1, 0.15) is 5.82 Å². The van der Waals surface area contributed by atoms with Crippen molar-refractivity contribution < 1.29 is 18.7 Å². The zero-order valence-corrected chi connectivity index (χ0v) is 12.3. The molecular formula is C15H21FN2O3. The van der Waals surface area contributed by atoms with Gasteiger partial charge < -0.3 is 20.5 Å². The molecule has 1 aliphatic carbocycles. The molecule has 2 atom stereocenters. The summed E-state index contributed by atoms with van der Waals surface area (Å²) in [5, 5.41) is 3.11. The van der Waals surface area contributed by atoms with Crippen molar-refractivity contribution in [1.82, 2.24) is 0 Å². The molecule has 0 aliphatic heterocycles. The standard InChI is InChI=1S/C15H21FN2O3/c1-3-21-15(19)9-7-13(10(16)8-11(9)17)18-12-5-4-6-14(12)20-2/h7-8,12,14,18H,3-6,17H2,1-2H3. The van der Waals surface area contributed by atoms with E-state index in [4.69, 9.17) is 15.2 Å². The Labute approximate surface area is 123 Å². The summed E-state index contributed by atoms with van der Waals surface area (Å²) in [7, 11) is 1.65. The van der Waals surface area contributed by atoms with Crippen LogP contribution < -0.4 is 11.1 Å². The summed E-state index contributed by atoms with van der Waals surface area (Å²) < 4.78 is 24.3. The largest absolute Gasteiger partial charge is 0.462 e. The predicted octanol–water partition coefficient (Wildman–Crippen LogP) is 2.56. The number of benzene rings is 1. The second kappa shape index (κ2) is 6.76. The van der Waals surface area contributed by atoms with Gasteiger partial charge in [0.05, 0.1) is 30.0 Å². The van der Waals surface area contributed by atoms with Crippen molar-refractivity contribution in [3.8, 4) is 0 Å². The van der Waals surface area contributed by atoms with Crippen LogP contribution in [0.5, 0.6) is 0 Å². The molecule has 0 amide bonds. The highest BCUT2D eigenvalue weighted by molar-refractivity contribution is 5.96. The van der Waals surface area contributed by atoms with Crippen LogP contribution in [0.15, 0.2) is 12.1 Å². The van der Waals surface area contributed by atoms with Crippen LogP contribution in [0.2, 0.25) is 0 Å². The third-order valence-electron chi connectivity index (χ3n) is 3.73. The Kier molecular flexibility index (Phi) is 5.01. The second-order valence-corrected chi connectivity index (χ2v) is 5.10. The van der Waals surface area contributed by atoms with E-state index < -0.39 is 11.8 Å². The Balaban J connectivity index is 2.23. The molecule has 5 nitrogen and oxygen atoms in total. The number of hydrogen-bond donors (Lipinski definition) is 2. The third kappa shape index (κ3) is 3.44. The minimum atomic E-state index is -0.548. The lowest BCUT2D eigenvalue weighted by atomic mass is 10.1. The van der Waals surface area contributed by atoms with Crippen molar-refractivity contribution in [2.45, 2.75) is 38.3 Å². The molecule has 2 rings (SSSR count). The molecule has 21 heavy (non-hydrogen) atoms. The quantitative estimate of drug-likeness (QED) is 0.645. The van der Waals surface area contributed by atoms with Crippen LogP contribution in [-0.2, 0) is 9.47 Å². The number of carbonyl (C=O) groups excluding carboxylic acids is 1. The summed E-state index contributed by atoms with van der Waals surface area (Å²) in [6.07, 6.45) is 2.91. The van der Waals surface area contributed by atoms with Crippen LogP contribution in [0.3, 0.4) is 0 Å². The molecule has 1 fully saturated rings. The van der Waals surface area contributed by atoms with Gasteiger partial charge in [0.2, 0.25) is 0 Å². The average Bonchev–Trinajstić information content (AvgIpc) is 2.89. The predicted molar refractivity (Wildman–Crippen MR) is 78.8 cm³/mol. The molecule has 0 aromatic heterocycles. The lowest BCUT2D eigenvalue weighted by Crippen LogP contribution is -2.30. The fraction of sp³-hybridized carbons (Fsp3) is 0.533. The molecule has 1 aromatic carbocycles. The van der Waals surface area contributed by atoms with Crippen molar-refractivity contribution in [1.29, 1.82) is 0 Å². The molecular weight excluding hydrogens is 275 g/mol. The molecule has 0 bridgehead atoms. The number of nitrogens with one attached hydrogen (secondary N) is 1. The SMILES string of the molecule is CCOC(=O)c1cc(NC2CCCC2OC)c(F)cc1N. The Hall–Kier alpha value is -1.82. The summed E-state index contributed by atoms with van der Waals surface area (Å²) in [6, 6.07) is 2.59. The first kappa shape index (κ1) is 15.6. The van der Waals surface area contributed by atoms with Crippen molar-refractivity contribution in [3.05, 3.63) is 23.5 Å². The van der Waals surface area contributed by atoms with E-state index in [1.165, 1.54) is 6.07 Å². The molecule has 2 unspecified atom stereocenters. The number of nitrogen functional groups attached to an aromatic ring is 1. The summed E-state index contributed by atoms with van der Waals surface area (Å²) in [6.45, 7) is 1.95. The van der Waals surface area contributed by atoms with Gasteiger partial charge in [-0.1, -0.05) is 0 Å². The maximum Gasteiger partial charge on any atom is 0.340 e. The van der Waals surface area contributed by atoms with Crippen LogP contribution in [0.25, 0.3) is 0 Å². The van der Waals surface area contributed by atoms with Crippen LogP contribution in [0.1, 0.15) is 36.5 Å². The fourth-order valence-electron chi connectivity index (χ4n) is 2.66. The molecule has 1 aliphatic rings. The number of ether oxygens (including phenoxy) is 2. The van der Waals surface area contributed by atoms with E-state index in [0.717, 1.165) is 25.3 Å². The Morgan fingerprint density at radius 3 is 2.90 bits per heavy atom. The van der Waals surface area contributed by atoms with E-state index >= 15 is 0 Å². The van der Waals surface area contributed by atoms with Crippen molar-refractivity contribution in [2.75, 3.05) is 24.8 Å². The number of nitrogens with two attached hydrogens (primary N) is 1. The Morgan fingerprint density at radius 2 is 2.24 bits per heavy atom. The second-order valence-electron chi connectivity index (χ2n) is 5.10. The minimum absolute atomic E-state index is 0.0307. The van der Waals surface area contributed by atoms with E-state index in [0.29, 0.717) is 0 Å². The molecule has 0 heterocycles. The number of halogens is 1. The lowest BCUT2D eigenvalue weighted by Gasteiger charge is -2.21. The first-order valence-corrected chi connectivity index (χ1v) is 7.12. The summed E-state index contributed by atoms with van der Waals surface area (Å²) >= 11 is 0. The Bertz CT molecular complexity index is 522. The van der Waals surface area contributed by atoms with E-state index in [9.17, 15) is 9.18 Å². The van der Waals surface area contributed by atoms with Gasteiger partial charge in [0.25, 0.3) is 0 Å². The minimum Gasteiger partial charge on any atom is -0.462 e. The molecule has 1 saturated carbocycles. The first-order valence-electron chi connectivity index (χ1n) is 7.12. The molecule has 6 heteroatoms. The van der Waals surface area contributed by atoms with Gasteiger partial charge in [-0.25, -0.2) is 9.18 Å². The molecule has 0 spiro atoms. The monoisotopic (exact) mass is 296 g/mol. The lowest BCUT2D eigenvalue weighted by molar-refractivity contribution is 0.0527. The molecule has 3 N–H and O–H groups in total. The number of carbonyl (C=O) groups is 1. The van der Waals surface area contributed by atoms with E-state index in [1.807, 2.05) is 0 Å². The van der Waals surface area contributed by atoms with Crippen molar-refractivity contribution >= 4 is 17.3 Å². The van der Waals surface area contributed by atoms with Crippen molar-refractivity contribution in [3.63, 3.8) is 0 Å². The van der Waals surface area contributed by atoms with E-state index in [-0.39, 0.29) is 35.7 Å². The summed E-state index contributed by atoms with van der Waals surface area (Å²) in [5.41, 5.74) is 6.19. The molecule has 116 valence electrons. The van der Waals surface area contributed by atoms with Crippen molar-refractivity contribution in [2.24, 2.45) is 0 Å². The number of methoxy groups -OCH3 is 1. The highest BCUT2D eigenvalue weighted by Gasteiger charge is 2.28. The van der Waals surface area contributed by atoms with Gasteiger partial charge in [-0.05, 0) is 38.3 Å². The van der Waals surface area contributed by atoms with Crippen LogP contribution in [0.4, 0.5) is 15.8 Å². The smallest absolute Gasteiger partial charge is 0.340 e. The zero-order valence-electron chi connectivity index (χ0n) is 12.3. The molecule has 1 aromatic rings. The highest BCUT2D eigenvalue weighted by Crippen LogP contribution is 2.28. The average molecular weight is 296 g/mol. The maximum atomic E-state index is 14.0. The number of rotatable bonds is 5. The number of esters is 1. The maximum absolute atomic E-state index is 14.0. The summed E-state index contributed by atoms with van der Waals surface area (Å²) in [4.78, 5) is 11.8.